The molecule has 2 heterocycles. The van der Waals surface area contributed by atoms with Gasteiger partial charge >= 0.3 is 0 Å². The fourth-order valence-corrected chi connectivity index (χ4v) is 2.98. The van der Waals surface area contributed by atoms with E-state index in [1.807, 2.05) is 30.3 Å². The summed E-state index contributed by atoms with van der Waals surface area (Å²) in [7, 11) is 0. The maximum Gasteiger partial charge on any atom is 0.244 e. The summed E-state index contributed by atoms with van der Waals surface area (Å²) in [6.07, 6.45) is 0.489. The van der Waals surface area contributed by atoms with Crippen LogP contribution in [0, 0.1) is 5.92 Å². The smallest absolute Gasteiger partial charge is 0.244 e. The molecule has 0 aliphatic carbocycles. The van der Waals surface area contributed by atoms with Crippen molar-refractivity contribution < 1.29 is 4.79 Å². The Balaban J connectivity index is 1.84. The lowest BCUT2D eigenvalue weighted by Crippen LogP contribution is -2.25. The van der Waals surface area contributed by atoms with Gasteiger partial charge in [0.2, 0.25) is 11.9 Å². The molecule has 2 aromatic rings. The molecule has 0 saturated carbocycles. The first-order valence-corrected chi connectivity index (χ1v) is 7.34. The third-order valence-electron chi connectivity index (χ3n) is 3.10. The Morgan fingerprint density at radius 2 is 2.16 bits per heavy atom. The zero-order chi connectivity index (χ0) is 13.2. The van der Waals surface area contributed by atoms with Gasteiger partial charge in [-0.1, -0.05) is 30.3 Å². The highest BCUT2D eigenvalue weighted by Gasteiger charge is 2.32. The number of hydrogen-bond acceptors (Lipinski definition) is 4. The van der Waals surface area contributed by atoms with Crippen molar-refractivity contribution >= 4 is 35.0 Å². The summed E-state index contributed by atoms with van der Waals surface area (Å²) < 4.78 is 4.29. The molecule has 1 fully saturated rings. The minimum atomic E-state index is 0.0584. The first-order valence-electron chi connectivity index (χ1n) is 6.03. The third kappa shape index (κ3) is 2.48. The van der Waals surface area contributed by atoms with E-state index in [0.29, 0.717) is 24.8 Å². The standard InChI is InChI=1S/C13H12ClN3OS/c14-7-9-6-11(18)17(8-9)13-15-12(19-16-13)10-4-2-1-3-5-10/h1-5,9H,6-8H2. The average molecular weight is 294 g/mol. The molecule has 1 atom stereocenters. The van der Waals surface area contributed by atoms with Crippen LogP contribution in [0.3, 0.4) is 0 Å². The van der Waals surface area contributed by atoms with Crippen LogP contribution in [0.5, 0.6) is 0 Å². The Hall–Kier alpha value is -1.46. The number of nitrogens with zero attached hydrogens (tertiary/aromatic N) is 3. The summed E-state index contributed by atoms with van der Waals surface area (Å²) in [4.78, 5) is 18.0. The number of anilines is 1. The number of benzene rings is 1. The molecule has 0 radical (unpaired) electrons. The number of amides is 1. The molecule has 4 nitrogen and oxygen atoms in total. The summed E-state index contributed by atoms with van der Waals surface area (Å²) in [5.41, 5.74) is 1.02. The zero-order valence-electron chi connectivity index (χ0n) is 10.1. The molecule has 1 unspecified atom stereocenters. The number of carbonyl (C=O) groups is 1. The van der Waals surface area contributed by atoms with Crippen LogP contribution in [0.15, 0.2) is 30.3 Å². The van der Waals surface area contributed by atoms with E-state index in [0.717, 1.165) is 10.6 Å². The van der Waals surface area contributed by atoms with Crippen molar-refractivity contribution in [2.45, 2.75) is 6.42 Å². The summed E-state index contributed by atoms with van der Waals surface area (Å²) in [6.45, 7) is 0.618. The maximum atomic E-state index is 11.9. The minimum absolute atomic E-state index is 0.0584. The van der Waals surface area contributed by atoms with Crippen molar-refractivity contribution in [2.24, 2.45) is 5.92 Å². The molecule has 0 bridgehead atoms. The van der Waals surface area contributed by atoms with E-state index in [4.69, 9.17) is 11.6 Å². The number of halogens is 1. The highest BCUT2D eigenvalue weighted by atomic mass is 35.5. The number of alkyl halides is 1. The fourth-order valence-electron chi connectivity index (χ4n) is 2.10. The molecule has 98 valence electrons. The van der Waals surface area contributed by atoms with Gasteiger partial charge in [0, 0.05) is 24.4 Å². The first-order chi connectivity index (χ1) is 9.28. The predicted molar refractivity (Wildman–Crippen MR) is 76.5 cm³/mol. The van der Waals surface area contributed by atoms with Crippen LogP contribution in [0.2, 0.25) is 0 Å². The SMILES string of the molecule is O=C1CC(CCl)CN1c1nsc(-c2ccccc2)n1. The van der Waals surface area contributed by atoms with E-state index >= 15 is 0 Å². The van der Waals surface area contributed by atoms with Crippen molar-refractivity contribution in [3.8, 4) is 10.6 Å². The molecule has 0 N–H and O–H groups in total. The third-order valence-corrected chi connectivity index (χ3v) is 4.29. The van der Waals surface area contributed by atoms with Crippen LogP contribution in [-0.2, 0) is 4.79 Å². The van der Waals surface area contributed by atoms with Crippen LogP contribution in [0.4, 0.5) is 5.95 Å². The van der Waals surface area contributed by atoms with Gasteiger partial charge in [-0.3, -0.25) is 9.69 Å². The van der Waals surface area contributed by atoms with Gasteiger partial charge in [-0.25, -0.2) is 0 Å². The van der Waals surface area contributed by atoms with Gasteiger partial charge in [0.1, 0.15) is 5.01 Å². The molecule has 1 aliphatic heterocycles. The molecular formula is C13H12ClN3OS. The van der Waals surface area contributed by atoms with E-state index in [-0.39, 0.29) is 11.8 Å². The van der Waals surface area contributed by atoms with Gasteiger partial charge in [-0.05, 0) is 17.5 Å². The monoisotopic (exact) mass is 293 g/mol. The normalized spacial score (nSPS) is 19.1. The maximum absolute atomic E-state index is 11.9. The molecule has 1 amide bonds. The van der Waals surface area contributed by atoms with E-state index in [9.17, 15) is 4.79 Å². The summed E-state index contributed by atoms with van der Waals surface area (Å²) in [5.74, 6) is 1.26. The van der Waals surface area contributed by atoms with Gasteiger partial charge < -0.3 is 0 Å². The molecule has 3 rings (SSSR count). The number of aromatic nitrogens is 2. The Morgan fingerprint density at radius 1 is 1.37 bits per heavy atom. The number of rotatable bonds is 3. The first kappa shape index (κ1) is 12.6. The van der Waals surface area contributed by atoms with Crippen molar-refractivity contribution in [3.63, 3.8) is 0 Å². The van der Waals surface area contributed by atoms with Gasteiger partial charge in [-0.15, -0.1) is 11.6 Å². The number of carbonyl (C=O) groups excluding carboxylic acids is 1. The Labute approximate surface area is 120 Å². The quantitative estimate of drug-likeness (QED) is 0.818. The summed E-state index contributed by atoms with van der Waals surface area (Å²) in [6, 6.07) is 9.84. The van der Waals surface area contributed by atoms with Gasteiger partial charge in [0.25, 0.3) is 0 Å². The molecule has 1 saturated heterocycles. The van der Waals surface area contributed by atoms with Crippen molar-refractivity contribution in [1.82, 2.24) is 9.36 Å². The molecule has 1 aromatic carbocycles. The highest BCUT2D eigenvalue weighted by molar-refractivity contribution is 7.09. The molecule has 1 aliphatic rings. The van der Waals surface area contributed by atoms with Crippen molar-refractivity contribution in [1.29, 1.82) is 0 Å². The Bertz CT molecular complexity index is 587. The van der Waals surface area contributed by atoms with Crippen LogP contribution in [0.1, 0.15) is 6.42 Å². The Morgan fingerprint density at radius 3 is 2.84 bits per heavy atom. The van der Waals surface area contributed by atoms with E-state index in [2.05, 4.69) is 9.36 Å². The lowest BCUT2D eigenvalue weighted by atomic mass is 10.2. The van der Waals surface area contributed by atoms with Crippen LogP contribution in [0.25, 0.3) is 10.6 Å². The molecule has 1 aromatic heterocycles. The Kier molecular flexibility index (Phi) is 3.48. The molecular weight excluding hydrogens is 282 g/mol. The zero-order valence-corrected chi connectivity index (χ0v) is 11.7. The van der Waals surface area contributed by atoms with Crippen LogP contribution in [-0.4, -0.2) is 27.7 Å². The van der Waals surface area contributed by atoms with Crippen molar-refractivity contribution in [2.75, 3.05) is 17.3 Å². The van der Waals surface area contributed by atoms with E-state index in [1.54, 1.807) is 4.90 Å². The molecule has 19 heavy (non-hydrogen) atoms. The van der Waals surface area contributed by atoms with Crippen LogP contribution >= 0.6 is 23.1 Å². The second-order valence-electron chi connectivity index (χ2n) is 4.49. The lowest BCUT2D eigenvalue weighted by molar-refractivity contribution is -0.117. The topological polar surface area (TPSA) is 46.1 Å². The second-order valence-corrected chi connectivity index (χ2v) is 5.55. The molecule has 0 spiro atoms. The predicted octanol–water partition coefficient (Wildman–Crippen LogP) is 2.80. The lowest BCUT2D eigenvalue weighted by Gasteiger charge is -2.10. The fraction of sp³-hybridized carbons (Fsp3) is 0.308. The highest BCUT2D eigenvalue weighted by Crippen LogP contribution is 2.28. The number of hydrogen-bond donors (Lipinski definition) is 0. The van der Waals surface area contributed by atoms with Gasteiger partial charge in [-0.2, -0.15) is 9.36 Å². The van der Waals surface area contributed by atoms with Crippen molar-refractivity contribution in [3.05, 3.63) is 30.3 Å². The average Bonchev–Trinajstić information content (AvgIpc) is 3.06. The largest absolute Gasteiger partial charge is 0.280 e. The van der Waals surface area contributed by atoms with E-state index < -0.39 is 0 Å². The summed E-state index contributed by atoms with van der Waals surface area (Å²) in [5, 5.41) is 0.831. The minimum Gasteiger partial charge on any atom is -0.280 e. The van der Waals surface area contributed by atoms with Crippen LogP contribution < -0.4 is 4.90 Å². The van der Waals surface area contributed by atoms with Gasteiger partial charge in [0.15, 0.2) is 0 Å². The van der Waals surface area contributed by atoms with Gasteiger partial charge in [0.05, 0.1) is 0 Å². The van der Waals surface area contributed by atoms with E-state index in [1.165, 1.54) is 11.5 Å². The second kappa shape index (κ2) is 5.27. The molecule has 6 heteroatoms. The summed E-state index contributed by atoms with van der Waals surface area (Å²) >= 11 is 7.12.